The molecule has 22 heavy (non-hydrogen) atoms. The van der Waals surface area contributed by atoms with E-state index in [1.165, 1.54) is 0 Å². The van der Waals surface area contributed by atoms with Gasteiger partial charge in [0.2, 0.25) is 0 Å². The first kappa shape index (κ1) is 16.6. The molecular formula is C18H20BrNO2. The monoisotopic (exact) mass is 361 g/mol. The normalized spacial score (nSPS) is 11.9. The van der Waals surface area contributed by atoms with E-state index < -0.39 is 6.10 Å². The second-order valence-corrected chi connectivity index (χ2v) is 6.39. The van der Waals surface area contributed by atoms with Crippen LogP contribution in [0.15, 0.2) is 40.9 Å². The van der Waals surface area contributed by atoms with Gasteiger partial charge in [0.1, 0.15) is 5.75 Å². The third kappa shape index (κ3) is 4.34. The zero-order valence-corrected chi connectivity index (χ0v) is 14.8. The molecule has 2 aromatic carbocycles. The SMILES string of the molecule is Cc1cc(C)cc(O[C@@H](C)C(=O)Nc2ccc(Br)c(C)c2)c1. The van der Waals surface area contributed by atoms with Crippen molar-refractivity contribution >= 4 is 27.5 Å². The summed E-state index contributed by atoms with van der Waals surface area (Å²) in [7, 11) is 0. The van der Waals surface area contributed by atoms with Gasteiger partial charge in [-0.2, -0.15) is 0 Å². The van der Waals surface area contributed by atoms with Crippen molar-refractivity contribution in [3.05, 3.63) is 57.6 Å². The predicted octanol–water partition coefficient (Wildman–Crippen LogP) is 4.78. The second-order valence-electron chi connectivity index (χ2n) is 5.54. The molecule has 0 aliphatic rings. The summed E-state index contributed by atoms with van der Waals surface area (Å²) in [6.45, 7) is 7.75. The molecule has 0 aliphatic heterocycles. The van der Waals surface area contributed by atoms with Crippen LogP contribution in [0, 0.1) is 20.8 Å². The molecule has 1 N–H and O–H groups in total. The third-order valence-electron chi connectivity index (χ3n) is 3.30. The molecule has 1 amide bonds. The van der Waals surface area contributed by atoms with Gasteiger partial charge < -0.3 is 10.1 Å². The van der Waals surface area contributed by atoms with E-state index in [-0.39, 0.29) is 5.91 Å². The van der Waals surface area contributed by atoms with Gasteiger partial charge in [0, 0.05) is 10.2 Å². The Bertz CT molecular complexity index is 677. The van der Waals surface area contributed by atoms with Crippen molar-refractivity contribution in [3.8, 4) is 5.75 Å². The van der Waals surface area contributed by atoms with Crippen LogP contribution in [-0.2, 0) is 4.79 Å². The van der Waals surface area contributed by atoms with E-state index in [2.05, 4.69) is 27.3 Å². The zero-order chi connectivity index (χ0) is 16.3. The largest absolute Gasteiger partial charge is 0.481 e. The fourth-order valence-corrected chi connectivity index (χ4v) is 2.47. The number of hydrogen-bond donors (Lipinski definition) is 1. The minimum absolute atomic E-state index is 0.166. The molecule has 0 spiro atoms. The quantitative estimate of drug-likeness (QED) is 0.850. The van der Waals surface area contributed by atoms with Gasteiger partial charge in [-0.3, -0.25) is 4.79 Å². The Morgan fingerprint density at radius 2 is 1.73 bits per heavy atom. The van der Waals surface area contributed by atoms with E-state index in [4.69, 9.17) is 4.74 Å². The molecule has 0 saturated carbocycles. The number of nitrogens with one attached hydrogen (secondary N) is 1. The minimum Gasteiger partial charge on any atom is -0.481 e. The summed E-state index contributed by atoms with van der Waals surface area (Å²) in [6.07, 6.45) is -0.565. The lowest BCUT2D eigenvalue weighted by molar-refractivity contribution is -0.122. The molecule has 0 fully saturated rings. The van der Waals surface area contributed by atoms with Crippen LogP contribution in [0.5, 0.6) is 5.75 Å². The molecule has 1 atom stereocenters. The highest BCUT2D eigenvalue weighted by atomic mass is 79.9. The second kappa shape index (κ2) is 6.97. The summed E-state index contributed by atoms with van der Waals surface area (Å²) in [5.41, 5.74) is 4.07. The van der Waals surface area contributed by atoms with Gasteiger partial charge in [-0.15, -0.1) is 0 Å². The molecule has 0 radical (unpaired) electrons. The van der Waals surface area contributed by atoms with Gasteiger partial charge in [0.25, 0.3) is 5.91 Å². The molecule has 0 aromatic heterocycles. The van der Waals surface area contributed by atoms with Crippen molar-refractivity contribution in [2.75, 3.05) is 5.32 Å². The van der Waals surface area contributed by atoms with E-state index in [0.29, 0.717) is 5.75 Å². The summed E-state index contributed by atoms with van der Waals surface area (Å²) >= 11 is 3.44. The van der Waals surface area contributed by atoms with Gasteiger partial charge in [-0.25, -0.2) is 0 Å². The van der Waals surface area contributed by atoms with Gasteiger partial charge in [0.05, 0.1) is 0 Å². The van der Waals surface area contributed by atoms with Crippen molar-refractivity contribution in [1.29, 1.82) is 0 Å². The lowest BCUT2D eigenvalue weighted by atomic mass is 10.1. The molecule has 2 rings (SSSR count). The van der Waals surface area contributed by atoms with Gasteiger partial charge in [-0.05, 0) is 74.7 Å². The summed E-state index contributed by atoms with van der Waals surface area (Å²) in [5.74, 6) is 0.549. The number of ether oxygens (including phenoxy) is 1. The molecular weight excluding hydrogens is 342 g/mol. The number of carbonyl (C=O) groups excluding carboxylic acids is 1. The topological polar surface area (TPSA) is 38.3 Å². The Morgan fingerprint density at radius 3 is 2.32 bits per heavy atom. The number of anilines is 1. The van der Waals surface area contributed by atoms with Gasteiger partial charge >= 0.3 is 0 Å². The maximum Gasteiger partial charge on any atom is 0.265 e. The molecule has 2 aromatic rings. The van der Waals surface area contributed by atoms with E-state index in [1.807, 2.05) is 51.1 Å². The predicted molar refractivity (Wildman–Crippen MR) is 93.5 cm³/mol. The van der Waals surface area contributed by atoms with Gasteiger partial charge in [-0.1, -0.05) is 22.0 Å². The van der Waals surface area contributed by atoms with Crippen LogP contribution in [0.2, 0.25) is 0 Å². The standard InChI is InChI=1S/C18H20BrNO2/c1-11-7-12(2)9-16(8-11)22-14(4)18(21)20-15-5-6-17(19)13(3)10-15/h5-10,14H,1-4H3,(H,20,21)/t14-/m0/s1. The Kier molecular flexibility index (Phi) is 5.24. The van der Waals surface area contributed by atoms with E-state index >= 15 is 0 Å². The van der Waals surface area contributed by atoms with Gasteiger partial charge in [0.15, 0.2) is 6.10 Å². The first-order valence-electron chi connectivity index (χ1n) is 7.17. The fourth-order valence-electron chi connectivity index (χ4n) is 2.22. The molecule has 116 valence electrons. The van der Waals surface area contributed by atoms with Crippen molar-refractivity contribution in [2.45, 2.75) is 33.8 Å². The Hall–Kier alpha value is -1.81. The third-order valence-corrected chi connectivity index (χ3v) is 4.19. The van der Waals surface area contributed by atoms with Crippen LogP contribution in [0.4, 0.5) is 5.69 Å². The highest BCUT2D eigenvalue weighted by Crippen LogP contribution is 2.21. The molecule has 0 bridgehead atoms. The number of rotatable bonds is 4. The van der Waals surface area contributed by atoms with Crippen LogP contribution < -0.4 is 10.1 Å². The summed E-state index contributed by atoms with van der Waals surface area (Å²) in [4.78, 5) is 12.2. The molecule has 0 aliphatic carbocycles. The number of carbonyl (C=O) groups is 1. The van der Waals surface area contributed by atoms with E-state index in [9.17, 15) is 4.79 Å². The minimum atomic E-state index is -0.565. The Labute approximate surface area is 139 Å². The maximum atomic E-state index is 12.2. The summed E-state index contributed by atoms with van der Waals surface area (Å²) in [5, 5.41) is 2.87. The average molecular weight is 362 g/mol. The number of hydrogen-bond acceptors (Lipinski definition) is 2. The van der Waals surface area contributed by atoms with Crippen LogP contribution >= 0.6 is 15.9 Å². The summed E-state index contributed by atoms with van der Waals surface area (Å²) < 4.78 is 6.76. The average Bonchev–Trinajstić information content (AvgIpc) is 2.41. The molecule has 0 unspecified atom stereocenters. The van der Waals surface area contributed by atoms with Crippen molar-refractivity contribution < 1.29 is 9.53 Å². The van der Waals surface area contributed by atoms with Crippen LogP contribution in [0.3, 0.4) is 0 Å². The highest BCUT2D eigenvalue weighted by molar-refractivity contribution is 9.10. The molecule has 4 heteroatoms. The van der Waals surface area contributed by atoms with E-state index in [1.54, 1.807) is 6.92 Å². The molecule has 0 heterocycles. The maximum absolute atomic E-state index is 12.2. The van der Waals surface area contributed by atoms with Crippen molar-refractivity contribution in [2.24, 2.45) is 0 Å². The smallest absolute Gasteiger partial charge is 0.265 e. The molecule has 3 nitrogen and oxygen atoms in total. The zero-order valence-electron chi connectivity index (χ0n) is 13.2. The number of halogens is 1. The fraction of sp³-hybridized carbons (Fsp3) is 0.278. The van der Waals surface area contributed by atoms with E-state index in [0.717, 1.165) is 26.9 Å². The lowest BCUT2D eigenvalue weighted by Gasteiger charge is -2.16. The Morgan fingerprint density at radius 1 is 1.09 bits per heavy atom. The van der Waals surface area contributed by atoms with Crippen LogP contribution in [0.25, 0.3) is 0 Å². The Balaban J connectivity index is 2.04. The van der Waals surface area contributed by atoms with Crippen molar-refractivity contribution in [3.63, 3.8) is 0 Å². The number of aryl methyl sites for hydroxylation is 3. The number of amides is 1. The first-order chi connectivity index (χ1) is 10.3. The van der Waals surface area contributed by atoms with Crippen LogP contribution in [-0.4, -0.2) is 12.0 Å². The lowest BCUT2D eigenvalue weighted by Crippen LogP contribution is -2.30. The number of benzene rings is 2. The highest BCUT2D eigenvalue weighted by Gasteiger charge is 2.15. The van der Waals surface area contributed by atoms with Crippen LogP contribution in [0.1, 0.15) is 23.6 Å². The summed E-state index contributed by atoms with van der Waals surface area (Å²) in [6, 6.07) is 11.6. The first-order valence-corrected chi connectivity index (χ1v) is 7.96. The van der Waals surface area contributed by atoms with Crippen molar-refractivity contribution in [1.82, 2.24) is 0 Å². The molecule has 0 saturated heterocycles.